The molecule has 0 fully saturated rings. The molecule has 2 aromatic carbocycles. The fourth-order valence-electron chi connectivity index (χ4n) is 2.05. The van der Waals surface area contributed by atoms with Gasteiger partial charge in [-0.3, -0.25) is 5.41 Å². The maximum absolute atomic E-state index is 10.8. The van der Waals surface area contributed by atoms with Gasteiger partial charge in [0.25, 0.3) is 0 Å². The van der Waals surface area contributed by atoms with E-state index in [1.807, 2.05) is 35.7 Å². The number of nitrogens with one attached hydrogen (secondary N) is 3. The van der Waals surface area contributed by atoms with Crippen LogP contribution in [0.2, 0.25) is 0 Å². The summed E-state index contributed by atoms with van der Waals surface area (Å²) in [5.41, 5.74) is 2.69. The number of carbonyl (C=O) groups is 1. The Morgan fingerprint density at radius 3 is 2.42 bits per heavy atom. The number of guanidine groups is 1. The second kappa shape index (κ2) is 6.93. The highest BCUT2D eigenvalue weighted by Crippen LogP contribution is 2.24. The summed E-state index contributed by atoms with van der Waals surface area (Å²) in [6, 6.07) is 16.0. The first-order chi connectivity index (χ1) is 11.6. The van der Waals surface area contributed by atoms with Crippen LogP contribution in [0, 0.1) is 5.41 Å². The smallest absolute Gasteiger partial charge is 0.335 e. The summed E-state index contributed by atoms with van der Waals surface area (Å²) < 4.78 is 0. The Balaban J connectivity index is 1.63. The minimum atomic E-state index is -0.981. The van der Waals surface area contributed by atoms with E-state index >= 15 is 0 Å². The molecule has 3 aromatic rings. The van der Waals surface area contributed by atoms with Crippen LogP contribution in [0.5, 0.6) is 0 Å². The van der Waals surface area contributed by atoms with E-state index in [-0.39, 0.29) is 11.5 Å². The summed E-state index contributed by atoms with van der Waals surface area (Å²) in [5.74, 6) is -0.919. The SMILES string of the molecule is N=C(Nc1ccc(C(=O)O)cc1)Nc1nc(-c2ccccc2)cs1. The van der Waals surface area contributed by atoms with Crippen LogP contribution in [-0.4, -0.2) is 22.0 Å². The van der Waals surface area contributed by atoms with Crippen LogP contribution in [0.3, 0.4) is 0 Å². The molecule has 0 aliphatic rings. The predicted octanol–water partition coefficient (Wildman–Crippen LogP) is 3.97. The third-order valence-corrected chi connectivity index (χ3v) is 3.96. The summed E-state index contributed by atoms with van der Waals surface area (Å²) in [7, 11) is 0. The van der Waals surface area contributed by atoms with Crippen LogP contribution < -0.4 is 10.6 Å². The third-order valence-electron chi connectivity index (χ3n) is 3.21. The van der Waals surface area contributed by atoms with Crippen LogP contribution in [0.25, 0.3) is 11.3 Å². The summed E-state index contributed by atoms with van der Waals surface area (Å²) in [6.45, 7) is 0. The molecule has 0 unspecified atom stereocenters. The van der Waals surface area contributed by atoms with E-state index in [1.54, 1.807) is 12.1 Å². The van der Waals surface area contributed by atoms with Crippen LogP contribution in [0.15, 0.2) is 60.0 Å². The largest absolute Gasteiger partial charge is 0.478 e. The monoisotopic (exact) mass is 338 g/mol. The van der Waals surface area contributed by atoms with Gasteiger partial charge in [-0.1, -0.05) is 30.3 Å². The first kappa shape index (κ1) is 15.7. The van der Waals surface area contributed by atoms with Gasteiger partial charge in [0.2, 0.25) is 0 Å². The van der Waals surface area contributed by atoms with Gasteiger partial charge in [0.05, 0.1) is 11.3 Å². The Kier molecular flexibility index (Phi) is 4.53. The number of benzene rings is 2. The lowest BCUT2D eigenvalue weighted by Gasteiger charge is -2.08. The van der Waals surface area contributed by atoms with E-state index in [4.69, 9.17) is 10.5 Å². The van der Waals surface area contributed by atoms with Crippen molar-refractivity contribution >= 4 is 34.1 Å². The molecule has 24 heavy (non-hydrogen) atoms. The molecule has 120 valence electrons. The van der Waals surface area contributed by atoms with Gasteiger partial charge in [-0.25, -0.2) is 9.78 Å². The van der Waals surface area contributed by atoms with E-state index in [0.29, 0.717) is 10.8 Å². The first-order valence-electron chi connectivity index (χ1n) is 7.09. The van der Waals surface area contributed by atoms with Crippen molar-refractivity contribution in [2.45, 2.75) is 0 Å². The summed E-state index contributed by atoms with van der Waals surface area (Å²) in [5, 5.41) is 25.1. The van der Waals surface area contributed by atoms with Crippen LogP contribution in [0.4, 0.5) is 10.8 Å². The van der Waals surface area contributed by atoms with E-state index in [0.717, 1.165) is 11.3 Å². The van der Waals surface area contributed by atoms with Gasteiger partial charge in [0.1, 0.15) is 0 Å². The lowest BCUT2D eigenvalue weighted by Crippen LogP contribution is -2.20. The highest BCUT2D eigenvalue weighted by atomic mass is 32.1. The summed E-state index contributed by atoms with van der Waals surface area (Å²) in [6.07, 6.45) is 0. The molecule has 1 aromatic heterocycles. The molecule has 0 bridgehead atoms. The molecule has 6 nitrogen and oxygen atoms in total. The quantitative estimate of drug-likeness (QED) is 0.426. The predicted molar refractivity (Wildman–Crippen MR) is 95.9 cm³/mol. The molecule has 0 atom stereocenters. The molecular weight excluding hydrogens is 324 g/mol. The van der Waals surface area contributed by atoms with Crippen molar-refractivity contribution in [1.82, 2.24) is 4.98 Å². The zero-order valence-electron chi connectivity index (χ0n) is 12.5. The zero-order chi connectivity index (χ0) is 16.9. The minimum absolute atomic E-state index is 0.0621. The molecular formula is C17H14N4O2S. The molecule has 0 saturated carbocycles. The topological polar surface area (TPSA) is 98.1 Å². The molecule has 0 saturated heterocycles. The lowest BCUT2D eigenvalue weighted by atomic mass is 10.2. The number of hydrogen-bond donors (Lipinski definition) is 4. The third kappa shape index (κ3) is 3.76. The van der Waals surface area contributed by atoms with E-state index in [9.17, 15) is 4.79 Å². The van der Waals surface area contributed by atoms with Crippen LogP contribution in [0.1, 0.15) is 10.4 Å². The van der Waals surface area contributed by atoms with Gasteiger partial charge in [-0.05, 0) is 24.3 Å². The van der Waals surface area contributed by atoms with Crippen LogP contribution in [-0.2, 0) is 0 Å². The number of aromatic nitrogens is 1. The van der Waals surface area contributed by atoms with Gasteiger partial charge >= 0.3 is 5.97 Å². The molecule has 0 amide bonds. The van der Waals surface area contributed by atoms with Crippen molar-refractivity contribution in [3.8, 4) is 11.3 Å². The van der Waals surface area contributed by atoms with Crippen LogP contribution >= 0.6 is 11.3 Å². The fraction of sp³-hybridized carbons (Fsp3) is 0. The molecule has 7 heteroatoms. The van der Waals surface area contributed by atoms with Gasteiger partial charge in [0.15, 0.2) is 11.1 Å². The fourth-order valence-corrected chi connectivity index (χ4v) is 2.78. The molecule has 0 aliphatic carbocycles. The second-order valence-electron chi connectivity index (χ2n) is 4.91. The Morgan fingerprint density at radius 2 is 1.75 bits per heavy atom. The normalized spacial score (nSPS) is 10.2. The van der Waals surface area contributed by atoms with Crippen molar-refractivity contribution in [3.63, 3.8) is 0 Å². The number of thiazole rings is 1. The van der Waals surface area contributed by atoms with E-state index in [2.05, 4.69) is 15.6 Å². The van der Waals surface area contributed by atoms with Crippen molar-refractivity contribution in [1.29, 1.82) is 5.41 Å². The average Bonchev–Trinajstić information content (AvgIpc) is 3.04. The molecule has 4 N–H and O–H groups in total. The molecule has 0 aliphatic heterocycles. The summed E-state index contributed by atoms with van der Waals surface area (Å²) in [4.78, 5) is 15.3. The number of nitrogens with zero attached hydrogens (tertiary/aromatic N) is 1. The first-order valence-corrected chi connectivity index (χ1v) is 7.97. The van der Waals surface area contributed by atoms with E-state index in [1.165, 1.54) is 23.5 Å². The van der Waals surface area contributed by atoms with Crippen molar-refractivity contribution in [3.05, 3.63) is 65.5 Å². The minimum Gasteiger partial charge on any atom is -0.478 e. The van der Waals surface area contributed by atoms with Crippen molar-refractivity contribution < 1.29 is 9.90 Å². The molecule has 0 radical (unpaired) electrons. The van der Waals surface area contributed by atoms with Crippen molar-refractivity contribution in [2.75, 3.05) is 10.6 Å². The lowest BCUT2D eigenvalue weighted by molar-refractivity contribution is 0.0697. The standard InChI is InChI=1S/C17H14N4O2S/c18-16(19-13-8-6-12(7-9-13)15(22)23)21-17-20-14(10-24-17)11-4-2-1-3-5-11/h1-10H,(H,22,23)(H3,18,19,20,21). The number of anilines is 2. The maximum Gasteiger partial charge on any atom is 0.335 e. The van der Waals surface area contributed by atoms with Gasteiger partial charge in [-0.15, -0.1) is 11.3 Å². The van der Waals surface area contributed by atoms with Gasteiger partial charge in [0, 0.05) is 16.6 Å². The molecule has 0 spiro atoms. The Hall–Kier alpha value is -3.19. The molecule has 1 heterocycles. The number of aromatic carboxylic acids is 1. The summed E-state index contributed by atoms with van der Waals surface area (Å²) >= 11 is 1.41. The number of carboxylic acids is 1. The highest BCUT2D eigenvalue weighted by Gasteiger charge is 2.07. The maximum atomic E-state index is 10.8. The zero-order valence-corrected chi connectivity index (χ0v) is 13.3. The van der Waals surface area contributed by atoms with Crippen molar-refractivity contribution in [2.24, 2.45) is 0 Å². The second-order valence-corrected chi connectivity index (χ2v) is 5.77. The number of hydrogen-bond acceptors (Lipinski definition) is 4. The van der Waals surface area contributed by atoms with Gasteiger partial charge < -0.3 is 15.7 Å². The Bertz CT molecular complexity index is 860. The van der Waals surface area contributed by atoms with Gasteiger partial charge in [-0.2, -0.15) is 0 Å². The average molecular weight is 338 g/mol. The molecule has 3 rings (SSSR count). The Morgan fingerprint density at radius 1 is 1.04 bits per heavy atom. The highest BCUT2D eigenvalue weighted by molar-refractivity contribution is 7.14. The van der Waals surface area contributed by atoms with E-state index < -0.39 is 5.97 Å². The Labute approximate surface area is 142 Å². The number of rotatable bonds is 4. The number of carboxylic acid groups (broad SMARTS) is 1.